The summed E-state index contributed by atoms with van der Waals surface area (Å²) in [7, 11) is 0. The van der Waals surface area contributed by atoms with E-state index >= 15 is 0 Å². The molecule has 0 fully saturated rings. The fourth-order valence-corrected chi connectivity index (χ4v) is 1.50. The third-order valence-corrected chi connectivity index (χ3v) is 2.25. The number of hydrogen-bond donors (Lipinski definition) is 1. The van der Waals surface area contributed by atoms with Crippen LogP contribution in [0, 0.1) is 0 Å². The Morgan fingerprint density at radius 2 is 1.95 bits per heavy atom. The van der Waals surface area contributed by atoms with E-state index in [1.165, 1.54) is 0 Å². The lowest BCUT2D eigenvalue weighted by molar-refractivity contribution is -0.155. The number of anilines is 1. The Kier molecular flexibility index (Phi) is 5.36. The first-order valence-corrected chi connectivity index (χ1v) is 6.80. The molecule has 0 radical (unpaired) electrons. The van der Waals surface area contributed by atoms with E-state index in [9.17, 15) is 4.79 Å². The highest BCUT2D eigenvalue weighted by molar-refractivity contribution is 5.79. The average Bonchev–Trinajstić information content (AvgIpc) is 2.28. The smallest absolute Gasteiger partial charge is 0.328 e. The maximum atomic E-state index is 12.0. The first-order chi connectivity index (χ1) is 9.19. The highest BCUT2D eigenvalue weighted by Crippen LogP contribution is 2.23. The number of carbonyl (C=O) groups excluding carboxylic acids is 1. The van der Waals surface area contributed by atoms with Gasteiger partial charge in [0.05, 0.1) is 11.8 Å². The average molecular weight is 280 g/mol. The standard InChI is InChI=1S/C15H24N2O3/c1-10(2)19-13-12(8-7-9-16-13)17-11(3)14(18)20-15(4,5)6/h7-11,17H,1-6H3. The number of esters is 1. The largest absolute Gasteiger partial charge is 0.473 e. The molecule has 20 heavy (non-hydrogen) atoms. The minimum absolute atomic E-state index is 0.0160. The van der Waals surface area contributed by atoms with Gasteiger partial charge in [-0.1, -0.05) is 0 Å². The van der Waals surface area contributed by atoms with Gasteiger partial charge >= 0.3 is 5.97 Å². The molecule has 1 aromatic heterocycles. The van der Waals surface area contributed by atoms with Crippen molar-refractivity contribution >= 4 is 11.7 Å². The summed E-state index contributed by atoms with van der Waals surface area (Å²) in [6.07, 6.45) is 1.67. The Morgan fingerprint density at radius 3 is 2.50 bits per heavy atom. The lowest BCUT2D eigenvalue weighted by atomic mass is 10.2. The van der Waals surface area contributed by atoms with Gasteiger partial charge in [-0.05, 0) is 53.7 Å². The second-order valence-corrected chi connectivity index (χ2v) is 5.92. The van der Waals surface area contributed by atoms with Gasteiger partial charge in [0, 0.05) is 6.20 Å². The molecule has 0 spiro atoms. The van der Waals surface area contributed by atoms with Crippen molar-refractivity contribution in [3.8, 4) is 5.88 Å². The summed E-state index contributed by atoms with van der Waals surface area (Å²) >= 11 is 0. The summed E-state index contributed by atoms with van der Waals surface area (Å²) < 4.78 is 10.9. The van der Waals surface area contributed by atoms with Crippen LogP contribution in [0.3, 0.4) is 0 Å². The van der Waals surface area contributed by atoms with Crippen LogP contribution in [0.15, 0.2) is 18.3 Å². The molecule has 1 unspecified atom stereocenters. The van der Waals surface area contributed by atoms with Crippen LogP contribution in [0.2, 0.25) is 0 Å². The van der Waals surface area contributed by atoms with Crippen LogP contribution in [0.1, 0.15) is 41.5 Å². The fourth-order valence-electron chi connectivity index (χ4n) is 1.50. The summed E-state index contributed by atoms with van der Waals surface area (Å²) in [5.41, 5.74) is 0.179. The molecule has 1 atom stereocenters. The zero-order valence-corrected chi connectivity index (χ0v) is 13.1. The third-order valence-electron chi connectivity index (χ3n) is 2.25. The lowest BCUT2D eigenvalue weighted by Crippen LogP contribution is -2.34. The number of nitrogens with one attached hydrogen (secondary N) is 1. The molecule has 0 aliphatic rings. The molecule has 112 valence electrons. The van der Waals surface area contributed by atoms with Crippen molar-refractivity contribution in [2.24, 2.45) is 0 Å². The van der Waals surface area contributed by atoms with Crippen LogP contribution in [0.4, 0.5) is 5.69 Å². The molecule has 0 aliphatic heterocycles. The minimum Gasteiger partial charge on any atom is -0.473 e. The van der Waals surface area contributed by atoms with E-state index in [1.54, 1.807) is 19.2 Å². The van der Waals surface area contributed by atoms with E-state index in [2.05, 4.69) is 10.3 Å². The topological polar surface area (TPSA) is 60.5 Å². The Hall–Kier alpha value is -1.78. The highest BCUT2D eigenvalue weighted by atomic mass is 16.6. The predicted molar refractivity (Wildman–Crippen MR) is 78.9 cm³/mol. The van der Waals surface area contributed by atoms with Crippen LogP contribution in [0.25, 0.3) is 0 Å². The molecule has 5 heteroatoms. The Labute approximate surface area is 120 Å². The van der Waals surface area contributed by atoms with Gasteiger partial charge in [0.2, 0.25) is 5.88 Å². The lowest BCUT2D eigenvalue weighted by Gasteiger charge is -2.23. The van der Waals surface area contributed by atoms with Gasteiger partial charge in [-0.2, -0.15) is 0 Å². The number of hydrogen-bond acceptors (Lipinski definition) is 5. The maximum absolute atomic E-state index is 12.0. The number of nitrogens with zero attached hydrogens (tertiary/aromatic N) is 1. The molecule has 5 nitrogen and oxygen atoms in total. The molecule has 0 saturated carbocycles. The van der Waals surface area contributed by atoms with E-state index in [0.717, 1.165) is 0 Å². The minimum atomic E-state index is -0.501. The SMILES string of the molecule is CC(C)Oc1ncccc1NC(C)C(=O)OC(C)(C)C. The summed E-state index contributed by atoms with van der Waals surface area (Å²) in [4.78, 5) is 16.1. The summed E-state index contributed by atoms with van der Waals surface area (Å²) in [5.74, 6) is 0.176. The molecule has 0 aliphatic carbocycles. The van der Waals surface area contributed by atoms with Crippen molar-refractivity contribution in [1.29, 1.82) is 0 Å². The van der Waals surface area contributed by atoms with Crippen LogP contribution >= 0.6 is 0 Å². The van der Waals surface area contributed by atoms with Crippen LogP contribution in [0.5, 0.6) is 5.88 Å². The number of pyridine rings is 1. The van der Waals surface area contributed by atoms with Gasteiger partial charge < -0.3 is 14.8 Å². The second-order valence-electron chi connectivity index (χ2n) is 5.92. The van der Waals surface area contributed by atoms with E-state index in [4.69, 9.17) is 9.47 Å². The number of carbonyl (C=O) groups is 1. The summed E-state index contributed by atoms with van der Waals surface area (Å²) in [5, 5.41) is 3.08. The van der Waals surface area contributed by atoms with Crippen molar-refractivity contribution < 1.29 is 14.3 Å². The zero-order valence-electron chi connectivity index (χ0n) is 13.1. The van der Waals surface area contributed by atoms with E-state index in [-0.39, 0.29) is 12.1 Å². The third kappa shape index (κ3) is 5.47. The van der Waals surface area contributed by atoms with E-state index in [1.807, 2.05) is 40.7 Å². The van der Waals surface area contributed by atoms with Crippen LogP contribution in [-0.2, 0) is 9.53 Å². The Bertz CT molecular complexity index is 453. The highest BCUT2D eigenvalue weighted by Gasteiger charge is 2.22. The Morgan fingerprint density at radius 1 is 1.30 bits per heavy atom. The van der Waals surface area contributed by atoms with Gasteiger partial charge in [0.25, 0.3) is 0 Å². The first kappa shape index (κ1) is 16.3. The van der Waals surface area contributed by atoms with Gasteiger partial charge in [0.15, 0.2) is 0 Å². The van der Waals surface area contributed by atoms with Crippen LogP contribution in [-0.4, -0.2) is 28.7 Å². The van der Waals surface area contributed by atoms with Gasteiger partial charge in [-0.3, -0.25) is 0 Å². The molecular weight excluding hydrogens is 256 g/mol. The zero-order chi connectivity index (χ0) is 15.3. The normalized spacial score (nSPS) is 12.9. The van der Waals surface area contributed by atoms with Crippen molar-refractivity contribution in [2.45, 2.75) is 59.3 Å². The molecule has 0 aromatic carbocycles. The quantitative estimate of drug-likeness (QED) is 0.840. The fraction of sp³-hybridized carbons (Fsp3) is 0.600. The second kappa shape index (κ2) is 6.59. The van der Waals surface area contributed by atoms with Gasteiger partial charge in [0.1, 0.15) is 11.6 Å². The molecule has 0 amide bonds. The molecule has 1 rings (SSSR count). The van der Waals surface area contributed by atoms with Gasteiger partial charge in [-0.15, -0.1) is 0 Å². The van der Waals surface area contributed by atoms with Crippen molar-refractivity contribution in [2.75, 3.05) is 5.32 Å². The molecule has 1 N–H and O–H groups in total. The molecular formula is C15H24N2O3. The van der Waals surface area contributed by atoms with Crippen molar-refractivity contribution in [3.63, 3.8) is 0 Å². The van der Waals surface area contributed by atoms with Crippen molar-refractivity contribution in [1.82, 2.24) is 4.98 Å². The van der Waals surface area contributed by atoms with E-state index < -0.39 is 11.6 Å². The maximum Gasteiger partial charge on any atom is 0.328 e. The monoisotopic (exact) mass is 280 g/mol. The van der Waals surface area contributed by atoms with Crippen LogP contribution < -0.4 is 10.1 Å². The number of aromatic nitrogens is 1. The number of rotatable bonds is 5. The predicted octanol–water partition coefficient (Wildman–Crippen LogP) is 3.01. The molecule has 0 bridgehead atoms. The van der Waals surface area contributed by atoms with E-state index in [0.29, 0.717) is 11.6 Å². The molecule has 1 heterocycles. The Balaban J connectivity index is 2.75. The first-order valence-electron chi connectivity index (χ1n) is 6.80. The van der Waals surface area contributed by atoms with Crippen molar-refractivity contribution in [3.05, 3.63) is 18.3 Å². The number of ether oxygens (including phenoxy) is 2. The van der Waals surface area contributed by atoms with Gasteiger partial charge in [-0.25, -0.2) is 9.78 Å². The molecule has 1 aromatic rings. The summed E-state index contributed by atoms with van der Waals surface area (Å²) in [6, 6.07) is 3.14. The molecule has 0 saturated heterocycles. The summed E-state index contributed by atoms with van der Waals surface area (Å²) in [6.45, 7) is 11.1.